The molecule has 9 nitrogen and oxygen atoms in total. The molecule has 0 aliphatic carbocycles. The van der Waals surface area contributed by atoms with Crippen LogP contribution in [0.2, 0.25) is 0 Å². The smallest absolute Gasteiger partial charge is 0.321 e. The molecular formula is C14H25N3O6. The largest absolute Gasteiger partial charge is 0.480 e. The molecule has 0 amide bonds. The van der Waals surface area contributed by atoms with E-state index in [2.05, 4.69) is 4.89 Å². The van der Waals surface area contributed by atoms with Gasteiger partial charge in [-0.3, -0.25) is 19.5 Å². The Morgan fingerprint density at radius 1 is 1.09 bits per heavy atom. The summed E-state index contributed by atoms with van der Waals surface area (Å²) in [4.78, 5) is 48.2. The molecule has 0 aromatic carbocycles. The summed E-state index contributed by atoms with van der Waals surface area (Å²) in [6.07, 6.45) is 1.40. The lowest BCUT2D eigenvalue weighted by atomic mass is 10.2. The summed E-state index contributed by atoms with van der Waals surface area (Å²) in [7, 11) is 1.42. The Hall–Kier alpha value is -1.39. The number of carboxylic acid groups (broad SMARTS) is 1. The molecule has 1 saturated heterocycles. The molecule has 0 aromatic rings. The highest BCUT2D eigenvalue weighted by atomic mass is 17.2. The molecule has 1 aliphatic rings. The van der Waals surface area contributed by atoms with E-state index in [0.29, 0.717) is 45.6 Å². The number of carboxylic acids is 1. The predicted molar refractivity (Wildman–Crippen MR) is 80.7 cm³/mol. The van der Waals surface area contributed by atoms with Crippen molar-refractivity contribution < 1.29 is 29.3 Å². The van der Waals surface area contributed by atoms with Crippen molar-refractivity contribution in [2.24, 2.45) is 0 Å². The Bertz CT molecular complexity index is 382. The van der Waals surface area contributed by atoms with E-state index in [4.69, 9.17) is 4.89 Å². The minimum Gasteiger partial charge on any atom is -0.480 e. The average molecular weight is 331 g/mol. The molecular weight excluding hydrogens is 306 g/mol. The molecule has 1 heterocycles. The third-order valence-electron chi connectivity index (χ3n) is 3.87. The highest BCUT2D eigenvalue weighted by molar-refractivity contribution is 5.76. The summed E-state index contributed by atoms with van der Waals surface area (Å²) >= 11 is 0. The molecule has 132 valence electrons. The van der Waals surface area contributed by atoms with E-state index in [0.717, 1.165) is 6.29 Å². The second-order valence-electron chi connectivity index (χ2n) is 5.29. The first-order valence-electron chi connectivity index (χ1n) is 7.56. The van der Waals surface area contributed by atoms with Gasteiger partial charge in [0, 0.05) is 45.7 Å². The van der Waals surface area contributed by atoms with Gasteiger partial charge < -0.3 is 14.7 Å². The Morgan fingerprint density at radius 3 is 2.26 bits per heavy atom. The minimum absolute atomic E-state index is 0.0580. The van der Waals surface area contributed by atoms with Crippen LogP contribution in [0, 0.1) is 0 Å². The van der Waals surface area contributed by atoms with E-state index >= 15 is 0 Å². The van der Waals surface area contributed by atoms with Crippen LogP contribution in [0.1, 0.15) is 6.42 Å². The van der Waals surface area contributed by atoms with Gasteiger partial charge in [-0.05, 0) is 0 Å². The molecule has 1 atom stereocenters. The van der Waals surface area contributed by atoms with Crippen molar-refractivity contribution >= 4 is 18.5 Å². The summed E-state index contributed by atoms with van der Waals surface area (Å²) in [5.41, 5.74) is 0. The molecule has 1 rings (SSSR count). The predicted octanol–water partition coefficient (Wildman–Crippen LogP) is -1.32. The number of carbonyl (C=O) groups excluding carboxylic acids is 2. The highest BCUT2D eigenvalue weighted by Gasteiger charge is 2.27. The second-order valence-corrected chi connectivity index (χ2v) is 5.29. The van der Waals surface area contributed by atoms with E-state index in [9.17, 15) is 19.5 Å². The standard InChI is InChI=1S/C14H25N3O6/c1-22-23-12-16-4-3-15(9-11-19)5-7-17(8-6-16)13(2-10-18)14(20)21/h10-11,13H,2-9,12H2,1H3,(H,20,21). The number of carbonyl (C=O) groups is 3. The quantitative estimate of drug-likeness (QED) is 0.313. The summed E-state index contributed by atoms with van der Waals surface area (Å²) in [5, 5.41) is 9.34. The highest BCUT2D eigenvalue weighted by Crippen LogP contribution is 2.07. The molecule has 0 radical (unpaired) electrons. The van der Waals surface area contributed by atoms with Crippen LogP contribution < -0.4 is 0 Å². The fourth-order valence-electron chi connectivity index (χ4n) is 2.51. The summed E-state index contributed by atoms with van der Waals surface area (Å²) < 4.78 is 0. The van der Waals surface area contributed by atoms with Crippen molar-refractivity contribution in [3.05, 3.63) is 0 Å². The first-order valence-corrected chi connectivity index (χ1v) is 7.56. The Labute approximate surface area is 135 Å². The van der Waals surface area contributed by atoms with Crippen molar-refractivity contribution in [3.8, 4) is 0 Å². The van der Waals surface area contributed by atoms with Gasteiger partial charge in [0.2, 0.25) is 0 Å². The van der Waals surface area contributed by atoms with Crippen molar-refractivity contribution in [2.45, 2.75) is 12.5 Å². The van der Waals surface area contributed by atoms with Gasteiger partial charge in [-0.25, -0.2) is 9.78 Å². The third kappa shape index (κ3) is 7.14. The van der Waals surface area contributed by atoms with Gasteiger partial charge in [0.15, 0.2) is 0 Å². The molecule has 0 spiro atoms. The van der Waals surface area contributed by atoms with Crippen LogP contribution in [-0.2, 0) is 24.2 Å². The van der Waals surface area contributed by atoms with Gasteiger partial charge in [-0.2, -0.15) is 0 Å². The van der Waals surface area contributed by atoms with E-state index in [-0.39, 0.29) is 19.7 Å². The van der Waals surface area contributed by atoms with Gasteiger partial charge >= 0.3 is 5.97 Å². The van der Waals surface area contributed by atoms with Gasteiger partial charge in [-0.1, -0.05) is 0 Å². The molecule has 1 aliphatic heterocycles. The van der Waals surface area contributed by atoms with Gasteiger partial charge in [0.05, 0.1) is 13.7 Å². The fraction of sp³-hybridized carbons (Fsp3) is 0.786. The number of hydrogen-bond donors (Lipinski definition) is 1. The van der Waals surface area contributed by atoms with Crippen molar-refractivity contribution in [2.75, 3.05) is 59.7 Å². The first kappa shape index (κ1) is 19.7. The molecule has 9 heteroatoms. The van der Waals surface area contributed by atoms with Crippen LogP contribution in [0.5, 0.6) is 0 Å². The monoisotopic (exact) mass is 331 g/mol. The van der Waals surface area contributed by atoms with E-state index in [1.165, 1.54) is 7.11 Å². The zero-order valence-corrected chi connectivity index (χ0v) is 13.4. The number of aliphatic carboxylic acids is 1. The van der Waals surface area contributed by atoms with Crippen LogP contribution in [-0.4, -0.2) is 104 Å². The van der Waals surface area contributed by atoms with Crippen molar-refractivity contribution in [3.63, 3.8) is 0 Å². The maximum atomic E-state index is 11.4. The normalized spacial score (nSPS) is 20.2. The number of nitrogens with zero attached hydrogens (tertiary/aromatic N) is 3. The van der Waals surface area contributed by atoms with Gasteiger partial charge in [-0.15, -0.1) is 0 Å². The third-order valence-corrected chi connectivity index (χ3v) is 3.87. The van der Waals surface area contributed by atoms with Crippen LogP contribution in [0.25, 0.3) is 0 Å². The minimum atomic E-state index is -1.02. The van der Waals surface area contributed by atoms with Crippen molar-refractivity contribution in [1.82, 2.24) is 14.7 Å². The summed E-state index contributed by atoms with van der Waals surface area (Å²) in [6, 6.07) is -0.853. The van der Waals surface area contributed by atoms with Crippen LogP contribution >= 0.6 is 0 Å². The van der Waals surface area contributed by atoms with E-state index < -0.39 is 12.0 Å². The maximum absolute atomic E-state index is 11.4. The van der Waals surface area contributed by atoms with E-state index in [1.54, 1.807) is 4.90 Å². The average Bonchev–Trinajstić information content (AvgIpc) is 2.62. The zero-order chi connectivity index (χ0) is 17.1. The first-order chi connectivity index (χ1) is 11.1. The topological polar surface area (TPSA) is 99.6 Å². The lowest BCUT2D eigenvalue weighted by Crippen LogP contribution is -2.47. The Kier molecular flexibility index (Phi) is 9.57. The van der Waals surface area contributed by atoms with Crippen LogP contribution in [0.3, 0.4) is 0 Å². The maximum Gasteiger partial charge on any atom is 0.321 e. The molecule has 1 unspecified atom stereocenters. The SMILES string of the molecule is COOCN1CCN(CC=O)CCN(C(CC=O)C(=O)O)CC1. The second kappa shape index (κ2) is 11.2. The lowest BCUT2D eigenvalue weighted by Gasteiger charge is -2.29. The molecule has 23 heavy (non-hydrogen) atoms. The van der Waals surface area contributed by atoms with Gasteiger partial charge in [0.25, 0.3) is 0 Å². The molecule has 1 N–H and O–H groups in total. The Morgan fingerprint density at radius 2 is 1.70 bits per heavy atom. The van der Waals surface area contributed by atoms with E-state index in [1.807, 2.05) is 9.80 Å². The molecule has 1 fully saturated rings. The van der Waals surface area contributed by atoms with Crippen LogP contribution in [0.15, 0.2) is 0 Å². The number of hydrogen-bond acceptors (Lipinski definition) is 8. The fourth-order valence-corrected chi connectivity index (χ4v) is 2.51. The molecule has 0 bridgehead atoms. The molecule has 0 saturated carbocycles. The van der Waals surface area contributed by atoms with Crippen molar-refractivity contribution in [1.29, 1.82) is 0 Å². The molecule has 0 aromatic heterocycles. The summed E-state index contributed by atoms with van der Waals surface area (Å²) in [6.45, 7) is 4.02. The number of rotatable bonds is 9. The van der Waals surface area contributed by atoms with Crippen LogP contribution in [0.4, 0.5) is 0 Å². The zero-order valence-electron chi connectivity index (χ0n) is 13.4. The summed E-state index contributed by atoms with van der Waals surface area (Å²) in [5.74, 6) is -1.02. The Balaban J connectivity index is 2.78. The number of aldehydes is 2. The lowest BCUT2D eigenvalue weighted by molar-refractivity contribution is -0.295. The van der Waals surface area contributed by atoms with Gasteiger partial charge in [0.1, 0.15) is 25.3 Å².